The second-order valence-corrected chi connectivity index (χ2v) is 31.7. The second kappa shape index (κ2) is 68.0. The zero-order chi connectivity index (χ0) is 71.6. The molecule has 0 aliphatic rings. The number of unbranched alkanes of at least 4 members (excludes halogenated alkanes) is 39. The lowest BCUT2D eigenvalue weighted by atomic mass is 10.0. The maximum atomic E-state index is 13.1. The number of aliphatic hydroxyl groups excluding tert-OH is 1. The van der Waals surface area contributed by atoms with Crippen molar-refractivity contribution in [3.05, 3.63) is 24.3 Å². The van der Waals surface area contributed by atoms with Gasteiger partial charge >= 0.3 is 39.5 Å². The van der Waals surface area contributed by atoms with Crippen LogP contribution in [0.15, 0.2) is 24.3 Å². The van der Waals surface area contributed by atoms with Gasteiger partial charge in [0.1, 0.15) is 19.3 Å². The average Bonchev–Trinajstić information content (AvgIpc) is 1.84. The number of hydrogen-bond acceptors (Lipinski definition) is 15. The molecule has 0 aliphatic heterocycles. The Morgan fingerprint density at radius 3 is 0.835 bits per heavy atom. The third kappa shape index (κ3) is 71.7. The summed E-state index contributed by atoms with van der Waals surface area (Å²) in [7, 11) is -9.93. The predicted octanol–water partition coefficient (Wildman–Crippen LogP) is 22.5. The monoisotopic (exact) mass is 1420 g/mol. The number of phosphoric acid groups is 2. The summed E-state index contributed by atoms with van der Waals surface area (Å²) in [6.07, 6.45) is 57.7. The highest BCUT2D eigenvalue weighted by atomic mass is 31.2. The van der Waals surface area contributed by atoms with E-state index >= 15 is 0 Å². The summed E-state index contributed by atoms with van der Waals surface area (Å²) < 4.78 is 68.5. The largest absolute Gasteiger partial charge is 0.472 e. The first-order chi connectivity index (χ1) is 46.7. The maximum absolute atomic E-state index is 13.1. The number of ether oxygens (including phenoxy) is 4. The molecule has 0 bridgehead atoms. The number of rotatable bonds is 74. The van der Waals surface area contributed by atoms with Gasteiger partial charge in [0.2, 0.25) is 0 Å². The van der Waals surface area contributed by atoms with E-state index in [4.69, 9.17) is 37.0 Å². The Morgan fingerprint density at radius 2 is 0.557 bits per heavy atom. The van der Waals surface area contributed by atoms with Crippen molar-refractivity contribution < 1.29 is 80.2 Å². The van der Waals surface area contributed by atoms with Gasteiger partial charge in [-0.25, -0.2) is 9.13 Å². The standard InChI is InChI=1S/C78H148O17P2/c1-8-9-10-11-12-13-14-15-16-21-27-32-39-47-54-61-77(82)94-73(65-88-75(80)59-52-45-38-31-26-22-17-19-24-29-35-42-49-56-69(2)3)67-92-96(84,85)90-63-72(79)64-91-97(86,87)93-68-74(66-89-76(81)60-53-46-41-34-37-44-51-58-71(6)7)95-78(83)62-55-48-40-33-28-23-18-20-25-30-36-43-50-57-70(4)5/h13-16,69-74,79H,8-12,17-68H2,1-7H3,(H,84,85)(H,86,87)/b14-13-,16-15-/t72?,73-,74-/m1/s1. The van der Waals surface area contributed by atoms with E-state index in [1.165, 1.54) is 167 Å². The van der Waals surface area contributed by atoms with Crippen LogP contribution in [0.1, 0.15) is 376 Å². The SMILES string of the molecule is CCCCCC/C=C\C=C/CCCCCCCC(=O)O[C@H](COC(=O)CCCCCCCCCCCCCCCC(C)C)COP(=O)(O)OCC(O)COP(=O)(O)OC[C@@H](COC(=O)CCCCCCCCCC(C)C)OC(=O)CCCCCCCCCCCCCCCC(C)C. The molecular weight excluding hydrogens is 1270 g/mol. The summed E-state index contributed by atoms with van der Waals surface area (Å²) in [6, 6.07) is 0. The smallest absolute Gasteiger partial charge is 0.462 e. The highest BCUT2D eigenvalue weighted by Crippen LogP contribution is 2.45. The molecule has 97 heavy (non-hydrogen) atoms. The van der Waals surface area contributed by atoms with Gasteiger partial charge in [-0.15, -0.1) is 0 Å². The van der Waals surface area contributed by atoms with Gasteiger partial charge in [-0.1, -0.05) is 323 Å². The summed E-state index contributed by atoms with van der Waals surface area (Å²) in [5.41, 5.74) is 0. The molecule has 0 amide bonds. The van der Waals surface area contributed by atoms with Gasteiger partial charge in [0.05, 0.1) is 26.4 Å². The maximum Gasteiger partial charge on any atom is 0.472 e. The molecule has 0 fully saturated rings. The van der Waals surface area contributed by atoms with Crippen LogP contribution in [-0.2, 0) is 65.4 Å². The molecule has 3 unspecified atom stereocenters. The molecule has 0 saturated heterocycles. The minimum Gasteiger partial charge on any atom is -0.462 e. The van der Waals surface area contributed by atoms with E-state index in [-0.39, 0.29) is 25.7 Å². The van der Waals surface area contributed by atoms with Crippen LogP contribution in [0.25, 0.3) is 0 Å². The Morgan fingerprint density at radius 1 is 0.320 bits per heavy atom. The van der Waals surface area contributed by atoms with Crippen molar-refractivity contribution in [2.24, 2.45) is 17.8 Å². The summed E-state index contributed by atoms with van der Waals surface area (Å²) in [5, 5.41) is 10.6. The average molecular weight is 1420 g/mol. The van der Waals surface area contributed by atoms with Gasteiger partial charge < -0.3 is 33.8 Å². The van der Waals surface area contributed by atoms with Crippen LogP contribution in [0.3, 0.4) is 0 Å². The van der Waals surface area contributed by atoms with E-state index in [2.05, 4.69) is 72.8 Å². The number of allylic oxidation sites excluding steroid dienone is 4. The Bertz CT molecular complexity index is 1980. The third-order valence-electron chi connectivity index (χ3n) is 17.5. The van der Waals surface area contributed by atoms with Gasteiger partial charge in [0.25, 0.3) is 0 Å². The van der Waals surface area contributed by atoms with Crippen molar-refractivity contribution in [3.63, 3.8) is 0 Å². The summed E-state index contributed by atoms with van der Waals surface area (Å²) >= 11 is 0. The molecule has 0 heterocycles. The second-order valence-electron chi connectivity index (χ2n) is 28.8. The van der Waals surface area contributed by atoms with Crippen LogP contribution in [-0.4, -0.2) is 96.7 Å². The van der Waals surface area contributed by atoms with E-state index in [0.717, 1.165) is 121 Å². The molecule has 3 N–H and O–H groups in total. The van der Waals surface area contributed by atoms with Crippen LogP contribution in [0.5, 0.6) is 0 Å². The lowest BCUT2D eigenvalue weighted by Crippen LogP contribution is -2.30. The fraction of sp³-hybridized carbons (Fsp3) is 0.897. The molecule has 19 heteroatoms. The fourth-order valence-electron chi connectivity index (χ4n) is 11.4. The number of phosphoric ester groups is 2. The van der Waals surface area contributed by atoms with E-state index in [0.29, 0.717) is 31.6 Å². The van der Waals surface area contributed by atoms with E-state index < -0.39 is 97.5 Å². The quantitative estimate of drug-likeness (QED) is 0.0169. The topological polar surface area (TPSA) is 237 Å². The molecule has 5 atom stereocenters. The van der Waals surface area contributed by atoms with Crippen molar-refractivity contribution in [2.45, 2.75) is 394 Å². The molecule has 0 radical (unpaired) electrons. The number of hydrogen-bond donors (Lipinski definition) is 3. The molecule has 572 valence electrons. The van der Waals surface area contributed by atoms with Crippen molar-refractivity contribution in [1.29, 1.82) is 0 Å². The Labute approximate surface area is 592 Å². The Kier molecular flexibility index (Phi) is 66.3. The highest BCUT2D eigenvalue weighted by molar-refractivity contribution is 7.47. The van der Waals surface area contributed by atoms with Gasteiger partial charge in [-0.05, 0) is 69.1 Å². The van der Waals surface area contributed by atoms with Gasteiger partial charge in [0, 0.05) is 25.7 Å². The van der Waals surface area contributed by atoms with Gasteiger partial charge in [-0.2, -0.15) is 0 Å². The highest BCUT2D eigenvalue weighted by Gasteiger charge is 2.30. The van der Waals surface area contributed by atoms with Crippen molar-refractivity contribution in [1.82, 2.24) is 0 Å². The minimum atomic E-state index is -4.97. The molecule has 0 aromatic heterocycles. The number of carbonyl (C=O) groups excluding carboxylic acids is 4. The Balaban J connectivity index is 5.28. The van der Waals surface area contributed by atoms with Crippen LogP contribution in [0.2, 0.25) is 0 Å². The van der Waals surface area contributed by atoms with E-state index in [1.54, 1.807) is 0 Å². The number of aliphatic hydroxyl groups is 1. The molecule has 17 nitrogen and oxygen atoms in total. The van der Waals surface area contributed by atoms with Crippen LogP contribution >= 0.6 is 15.6 Å². The van der Waals surface area contributed by atoms with E-state index in [1.807, 2.05) is 0 Å². The summed E-state index contributed by atoms with van der Waals surface area (Å²) in [6.45, 7) is 11.8. The lowest BCUT2D eigenvalue weighted by molar-refractivity contribution is -0.161. The number of esters is 4. The molecule has 0 aliphatic carbocycles. The fourth-order valence-corrected chi connectivity index (χ4v) is 13.0. The molecule has 0 rings (SSSR count). The Hall–Kier alpha value is -2.46. The first-order valence-corrected chi connectivity index (χ1v) is 42.7. The summed E-state index contributed by atoms with van der Waals surface area (Å²) in [4.78, 5) is 72.9. The van der Waals surface area contributed by atoms with Gasteiger partial charge in [0.15, 0.2) is 12.2 Å². The zero-order valence-corrected chi connectivity index (χ0v) is 64.8. The molecule has 0 aromatic rings. The minimum absolute atomic E-state index is 0.0849. The normalized spacial score (nSPS) is 14.2. The van der Waals surface area contributed by atoms with Crippen molar-refractivity contribution >= 4 is 39.5 Å². The lowest BCUT2D eigenvalue weighted by Gasteiger charge is -2.21. The third-order valence-corrected chi connectivity index (χ3v) is 19.4. The van der Waals surface area contributed by atoms with Crippen LogP contribution in [0, 0.1) is 17.8 Å². The van der Waals surface area contributed by atoms with Crippen molar-refractivity contribution in [3.8, 4) is 0 Å². The zero-order valence-electron chi connectivity index (χ0n) is 63.0. The number of carbonyl (C=O) groups is 4. The predicted molar refractivity (Wildman–Crippen MR) is 395 cm³/mol. The molecular formula is C78H148O17P2. The van der Waals surface area contributed by atoms with Crippen LogP contribution in [0.4, 0.5) is 0 Å². The molecule has 0 aromatic carbocycles. The van der Waals surface area contributed by atoms with Crippen LogP contribution < -0.4 is 0 Å². The first-order valence-electron chi connectivity index (χ1n) is 39.7. The summed E-state index contributed by atoms with van der Waals surface area (Å²) in [5.74, 6) is 0.131. The van der Waals surface area contributed by atoms with Gasteiger partial charge in [-0.3, -0.25) is 37.3 Å². The van der Waals surface area contributed by atoms with E-state index in [9.17, 15) is 43.2 Å². The first kappa shape index (κ1) is 94.5. The van der Waals surface area contributed by atoms with Crippen molar-refractivity contribution in [2.75, 3.05) is 39.6 Å². The molecule has 0 spiro atoms. The molecule has 0 saturated carbocycles.